The molecule has 1 aliphatic heterocycles. The Kier molecular flexibility index (Phi) is 7.36. The van der Waals surface area contributed by atoms with Crippen LogP contribution in [0.15, 0.2) is 36.4 Å². The Morgan fingerprint density at radius 1 is 1.29 bits per heavy atom. The van der Waals surface area contributed by atoms with Gasteiger partial charge in [-0.15, -0.1) is 11.3 Å². The molecule has 1 aliphatic rings. The number of rotatable bonds is 8. The van der Waals surface area contributed by atoms with Gasteiger partial charge in [-0.05, 0) is 11.6 Å². The summed E-state index contributed by atoms with van der Waals surface area (Å²) in [6.45, 7) is 2.46. The predicted molar refractivity (Wildman–Crippen MR) is 107 cm³/mol. The highest BCUT2D eigenvalue weighted by Gasteiger charge is 2.25. The molecule has 1 fully saturated rings. The maximum absolute atomic E-state index is 13.0. The largest absolute Gasteiger partial charge is 0.383 e. The van der Waals surface area contributed by atoms with Crippen LogP contribution in [0, 0.1) is 0 Å². The van der Waals surface area contributed by atoms with Gasteiger partial charge in [-0.1, -0.05) is 30.3 Å². The van der Waals surface area contributed by atoms with Crippen molar-refractivity contribution in [1.82, 2.24) is 4.90 Å². The fourth-order valence-electron chi connectivity index (χ4n) is 3.11. The van der Waals surface area contributed by atoms with E-state index < -0.39 is 13.0 Å². The van der Waals surface area contributed by atoms with Crippen molar-refractivity contribution in [2.45, 2.75) is 6.43 Å². The molecule has 1 saturated heterocycles. The third-order valence-corrected chi connectivity index (χ3v) is 5.70. The number of amides is 1. The van der Waals surface area contributed by atoms with Crippen LogP contribution in [0.25, 0.3) is 11.1 Å². The predicted octanol–water partition coefficient (Wildman–Crippen LogP) is 3.61. The number of carbonyl (C=O) groups excluding carboxylic acids is 1. The first-order valence-electron chi connectivity index (χ1n) is 9.18. The van der Waals surface area contributed by atoms with Crippen molar-refractivity contribution in [2.24, 2.45) is 0 Å². The molecule has 152 valence electrons. The van der Waals surface area contributed by atoms with Crippen LogP contribution in [0.3, 0.4) is 0 Å². The minimum absolute atomic E-state index is 0.130. The van der Waals surface area contributed by atoms with Crippen LogP contribution >= 0.6 is 11.3 Å². The number of nitrogens with zero attached hydrogens (tertiary/aromatic N) is 2. The Balaban J connectivity index is 1.94. The van der Waals surface area contributed by atoms with Gasteiger partial charge in [0.1, 0.15) is 0 Å². The summed E-state index contributed by atoms with van der Waals surface area (Å²) < 4.78 is 36.4. The molecule has 1 aromatic carbocycles. The molecule has 3 rings (SSSR count). The lowest BCUT2D eigenvalue weighted by atomic mass is 10.1. The van der Waals surface area contributed by atoms with Gasteiger partial charge in [0.05, 0.1) is 36.2 Å². The number of anilines is 1. The van der Waals surface area contributed by atoms with E-state index in [-0.39, 0.29) is 19.1 Å². The number of methoxy groups -OCH3 is 1. The van der Waals surface area contributed by atoms with E-state index in [4.69, 9.17) is 9.47 Å². The Bertz CT molecular complexity index is 764. The van der Waals surface area contributed by atoms with Gasteiger partial charge >= 0.3 is 0 Å². The van der Waals surface area contributed by atoms with E-state index in [1.807, 2.05) is 36.4 Å². The second-order valence-corrected chi connectivity index (χ2v) is 7.46. The first kappa shape index (κ1) is 20.7. The summed E-state index contributed by atoms with van der Waals surface area (Å²) >= 11 is 1.35. The zero-order valence-electron chi connectivity index (χ0n) is 15.8. The standard InChI is InChI=1S/C20H24F2N2O3S/c1-26-10-7-24(14-18(21)22)19(25)17-13-16(15-5-3-2-4-6-15)20(28-17)23-8-11-27-12-9-23/h2-6,13,18H,7-12,14H2,1H3. The molecule has 0 spiro atoms. The first-order chi connectivity index (χ1) is 13.6. The minimum Gasteiger partial charge on any atom is -0.383 e. The highest BCUT2D eigenvalue weighted by molar-refractivity contribution is 7.18. The van der Waals surface area contributed by atoms with Crippen molar-refractivity contribution in [1.29, 1.82) is 0 Å². The summed E-state index contributed by atoms with van der Waals surface area (Å²) in [6, 6.07) is 11.6. The van der Waals surface area contributed by atoms with Gasteiger partial charge in [-0.3, -0.25) is 4.79 Å². The monoisotopic (exact) mass is 410 g/mol. The van der Waals surface area contributed by atoms with E-state index in [1.54, 1.807) is 0 Å². The maximum Gasteiger partial charge on any atom is 0.264 e. The van der Waals surface area contributed by atoms with Gasteiger partial charge in [0.2, 0.25) is 0 Å². The molecule has 0 aliphatic carbocycles. The van der Waals surface area contributed by atoms with Crippen molar-refractivity contribution >= 4 is 22.2 Å². The molecule has 0 saturated carbocycles. The summed E-state index contributed by atoms with van der Waals surface area (Å²) in [5.74, 6) is -0.390. The minimum atomic E-state index is -2.59. The van der Waals surface area contributed by atoms with Crippen LogP contribution in [-0.2, 0) is 9.47 Å². The molecule has 0 radical (unpaired) electrons. The van der Waals surface area contributed by atoms with Crippen LogP contribution in [0.4, 0.5) is 13.8 Å². The van der Waals surface area contributed by atoms with E-state index in [0.29, 0.717) is 18.1 Å². The molecule has 0 N–H and O–H groups in total. The SMILES string of the molecule is COCCN(CC(F)F)C(=O)c1cc(-c2ccccc2)c(N2CCOCC2)s1. The number of halogens is 2. The summed E-state index contributed by atoms with van der Waals surface area (Å²) in [5.41, 5.74) is 1.94. The van der Waals surface area contributed by atoms with E-state index in [1.165, 1.54) is 18.4 Å². The molecule has 0 bridgehead atoms. The van der Waals surface area contributed by atoms with Gasteiger partial charge in [-0.2, -0.15) is 0 Å². The van der Waals surface area contributed by atoms with Crippen molar-refractivity contribution < 1.29 is 23.0 Å². The van der Waals surface area contributed by atoms with Gasteiger partial charge in [-0.25, -0.2) is 8.78 Å². The lowest BCUT2D eigenvalue weighted by Crippen LogP contribution is -2.37. The Hall–Kier alpha value is -2.03. The smallest absolute Gasteiger partial charge is 0.264 e. The third kappa shape index (κ3) is 5.06. The fraction of sp³-hybridized carbons (Fsp3) is 0.450. The first-order valence-corrected chi connectivity index (χ1v) is 10.00. The zero-order chi connectivity index (χ0) is 19.9. The topological polar surface area (TPSA) is 42.0 Å². The number of carbonyl (C=O) groups is 1. The van der Waals surface area contributed by atoms with Crippen molar-refractivity contribution in [3.63, 3.8) is 0 Å². The number of benzene rings is 1. The van der Waals surface area contributed by atoms with Crippen molar-refractivity contribution in [2.75, 3.05) is 58.0 Å². The molecular formula is C20H24F2N2O3S. The lowest BCUT2D eigenvalue weighted by molar-refractivity contribution is 0.0482. The quantitative estimate of drug-likeness (QED) is 0.667. The van der Waals surface area contributed by atoms with Crippen LogP contribution in [0.5, 0.6) is 0 Å². The number of ether oxygens (including phenoxy) is 2. The number of morpholine rings is 1. The van der Waals surface area contributed by atoms with Crippen LogP contribution < -0.4 is 4.90 Å². The molecular weight excluding hydrogens is 386 g/mol. The molecule has 8 heteroatoms. The second kappa shape index (κ2) is 9.95. The molecule has 0 unspecified atom stereocenters. The Morgan fingerprint density at radius 3 is 2.64 bits per heavy atom. The summed E-state index contributed by atoms with van der Waals surface area (Å²) in [7, 11) is 1.49. The van der Waals surface area contributed by atoms with Crippen LogP contribution in [0.1, 0.15) is 9.67 Å². The van der Waals surface area contributed by atoms with Crippen molar-refractivity contribution in [3.8, 4) is 11.1 Å². The zero-order valence-corrected chi connectivity index (χ0v) is 16.6. The van der Waals surface area contributed by atoms with Gasteiger partial charge in [0.15, 0.2) is 0 Å². The van der Waals surface area contributed by atoms with Crippen molar-refractivity contribution in [3.05, 3.63) is 41.3 Å². The lowest BCUT2D eigenvalue weighted by Gasteiger charge is -2.28. The third-order valence-electron chi connectivity index (χ3n) is 4.52. The summed E-state index contributed by atoms with van der Waals surface area (Å²) in [6.07, 6.45) is -2.59. The normalized spacial score (nSPS) is 14.5. The van der Waals surface area contributed by atoms with E-state index in [9.17, 15) is 13.6 Å². The second-order valence-electron chi connectivity index (χ2n) is 6.43. The molecule has 2 heterocycles. The van der Waals surface area contributed by atoms with Gasteiger partial charge in [0, 0.05) is 32.3 Å². The number of alkyl halides is 2. The van der Waals surface area contributed by atoms with E-state index in [0.717, 1.165) is 34.1 Å². The van der Waals surface area contributed by atoms with Crippen LogP contribution in [0.2, 0.25) is 0 Å². The van der Waals surface area contributed by atoms with E-state index in [2.05, 4.69) is 4.90 Å². The summed E-state index contributed by atoms with van der Waals surface area (Å²) in [5, 5.41) is 0.974. The van der Waals surface area contributed by atoms with Crippen LogP contribution in [-0.4, -0.2) is 70.3 Å². The number of thiophene rings is 1. The maximum atomic E-state index is 13.0. The molecule has 1 aromatic heterocycles. The molecule has 1 amide bonds. The number of hydrogen-bond acceptors (Lipinski definition) is 5. The summed E-state index contributed by atoms with van der Waals surface area (Å²) in [4.78, 5) is 16.8. The number of hydrogen-bond donors (Lipinski definition) is 0. The van der Waals surface area contributed by atoms with Gasteiger partial charge < -0.3 is 19.3 Å². The molecule has 5 nitrogen and oxygen atoms in total. The fourth-order valence-corrected chi connectivity index (χ4v) is 4.31. The molecule has 28 heavy (non-hydrogen) atoms. The van der Waals surface area contributed by atoms with Gasteiger partial charge in [0.25, 0.3) is 12.3 Å². The molecule has 2 aromatic rings. The van der Waals surface area contributed by atoms with E-state index >= 15 is 0 Å². The molecule has 0 atom stereocenters. The Labute approximate surface area is 167 Å². The Morgan fingerprint density at radius 2 is 2.00 bits per heavy atom. The average molecular weight is 410 g/mol. The highest BCUT2D eigenvalue weighted by atomic mass is 32.1. The highest BCUT2D eigenvalue weighted by Crippen LogP contribution is 2.39. The average Bonchev–Trinajstić information content (AvgIpc) is 3.17.